The van der Waals surface area contributed by atoms with Crippen molar-refractivity contribution in [2.75, 3.05) is 13.2 Å². The van der Waals surface area contributed by atoms with E-state index in [2.05, 4.69) is 22.5 Å². The van der Waals surface area contributed by atoms with Gasteiger partial charge in [-0.3, -0.25) is 9.48 Å². The van der Waals surface area contributed by atoms with E-state index in [0.29, 0.717) is 12.6 Å². The molecule has 0 aliphatic heterocycles. The second-order valence-electron chi connectivity index (χ2n) is 7.07. The van der Waals surface area contributed by atoms with E-state index in [1.807, 2.05) is 29.1 Å². The lowest BCUT2D eigenvalue weighted by Gasteiger charge is -2.21. The summed E-state index contributed by atoms with van der Waals surface area (Å²) < 4.78 is 7.74. The number of nitrogens with zero attached hydrogens (tertiary/aromatic N) is 2. The van der Waals surface area contributed by atoms with Crippen molar-refractivity contribution >= 4 is 12.0 Å². The fourth-order valence-electron chi connectivity index (χ4n) is 3.32. The van der Waals surface area contributed by atoms with Crippen LogP contribution in [0.5, 0.6) is 0 Å². The molecule has 3 rings (SSSR count). The first kappa shape index (κ1) is 19.4. The van der Waals surface area contributed by atoms with Crippen molar-refractivity contribution in [3.63, 3.8) is 0 Å². The number of hydrogen-bond acceptors (Lipinski definition) is 3. The Hall–Kier alpha value is -2.40. The molecule has 2 aromatic rings. The maximum absolute atomic E-state index is 11.9. The normalized spacial score (nSPS) is 15.3. The summed E-state index contributed by atoms with van der Waals surface area (Å²) in [6.07, 6.45) is 14.6. The van der Waals surface area contributed by atoms with Crippen LogP contribution < -0.4 is 5.32 Å². The number of carbonyl (C=O) groups is 1. The molecule has 1 fully saturated rings. The minimum atomic E-state index is -0.0801. The van der Waals surface area contributed by atoms with Gasteiger partial charge in [-0.2, -0.15) is 5.10 Å². The maximum Gasteiger partial charge on any atom is 0.244 e. The molecule has 5 nitrogen and oxygen atoms in total. The molecule has 5 heteroatoms. The van der Waals surface area contributed by atoms with Crippen LogP contribution in [0.15, 0.2) is 48.8 Å². The highest BCUT2D eigenvalue weighted by Crippen LogP contribution is 2.20. The third-order valence-corrected chi connectivity index (χ3v) is 4.79. The summed E-state index contributed by atoms with van der Waals surface area (Å²) in [5, 5.41) is 7.24. The molecule has 0 spiro atoms. The van der Waals surface area contributed by atoms with Gasteiger partial charge in [-0.25, -0.2) is 0 Å². The average Bonchev–Trinajstić information content (AvgIpc) is 3.15. The van der Waals surface area contributed by atoms with Gasteiger partial charge in [0.2, 0.25) is 5.91 Å². The molecule has 1 heterocycles. The van der Waals surface area contributed by atoms with Gasteiger partial charge in [-0.1, -0.05) is 49.6 Å². The number of rotatable bonds is 9. The predicted molar refractivity (Wildman–Crippen MR) is 107 cm³/mol. The van der Waals surface area contributed by atoms with Gasteiger partial charge in [0.05, 0.1) is 18.8 Å². The van der Waals surface area contributed by atoms with Gasteiger partial charge in [0.25, 0.3) is 0 Å². The fourth-order valence-corrected chi connectivity index (χ4v) is 3.32. The fraction of sp³-hybridized carbons (Fsp3) is 0.455. The number of ether oxygens (including phenoxy) is 1. The summed E-state index contributed by atoms with van der Waals surface area (Å²) >= 11 is 0. The van der Waals surface area contributed by atoms with Crippen molar-refractivity contribution in [2.45, 2.75) is 51.2 Å². The minimum Gasteiger partial charge on any atom is -0.378 e. The largest absolute Gasteiger partial charge is 0.378 e. The van der Waals surface area contributed by atoms with Gasteiger partial charge < -0.3 is 10.1 Å². The van der Waals surface area contributed by atoms with Crippen molar-refractivity contribution in [3.05, 3.63) is 59.9 Å². The van der Waals surface area contributed by atoms with E-state index in [4.69, 9.17) is 4.74 Å². The number of hydrogen-bond donors (Lipinski definition) is 1. The molecular formula is C22H29N3O2. The standard InChI is InChI=1S/C22H29N3O2/c26-22(23-14-7-15-27-21-10-5-2-6-11-21)13-12-20-16-24-25(18-20)17-19-8-3-1-4-9-19/h1,3-4,8-9,12-13,16,18,21H,2,5-7,10-11,14-15,17H2,(H,23,26)/b13-12+. The summed E-state index contributed by atoms with van der Waals surface area (Å²) in [6.45, 7) is 2.09. The zero-order chi connectivity index (χ0) is 18.7. The van der Waals surface area contributed by atoms with Crippen molar-refractivity contribution in [2.24, 2.45) is 0 Å². The second-order valence-corrected chi connectivity index (χ2v) is 7.07. The first-order chi connectivity index (χ1) is 13.3. The number of carbonyl (C=O) groups excluding carboxylic acids is 1. The van der Waals surface area contributed by atoms with Crippen LogP contribution in [0.3, 0.4) is 0 Å². The summed E-state index contributed by atoms with van der Waals surface area (Å²) in [5.74, 6) is -0.0801. The number of amides is 1. The summed E-state index contributed by atoms with van der Waals surface area (Å²) in [7, 11) is 0. The lowest BCUT2D eigenvalue weighted by Crippen LogP contribution is -2.24. The average molecular weight is 367 g/mol. The van der Waals surface area contributed by atoms with Gasteiger partial charge in [-0.15, -0.1) is 0 Å². The Kier molecular flexibility index (Phi) is 7.66. The molecule has 1 aliphatic carbocycles. The van der Waals surface area contributed by atoms with E-state index in [1.54, 1.807) is 18.3 Å². The van der Waals surface area contributed by atoms with Gasteiger partial charge in [0, 0.05) is 31.0 Å². The summed E-state index contributed by atoms with van der Waals surface area (Å²) in [6, 6.07) is 10.2. The first-order valence-electron chi connectivity index (χ1n) is 9.93. The Morgan fingerprint density at radius 1 is 1.22 bits per heavy atom. The number of aromatic nitrogens is 2. The summed E-state index contributed by atoms with van der Waals surface area (Å²) in [4.78, 5) is 11.9. The molecule has 0 radical (unpaired) electrons. The SMILES string of the molecule is O=C(/C=C/c1cnn(Cc2ccccc2)c1)NCCCOC1CCCCC1. The predicted octanol–water partition coefficient (Wildman–Crippen LogP) is 3.80. The van der Waals surface area contributed by atoms with Gasteiger partial charge in [0.1, 0.15) is 0 Å². The van der Waals surface area contributed by atoms with Crippen molar-refractivity contribution in [1.29, 1.82) is 0 Å². The maximum atomic E-state index is 11.9. The molecular weight excluding hydrogens is 338 g/mol. The minimum absolute atomic E-state index is 0.0801. The Bertz CT molecular complexity index is 718. The molecule has 0 unspecified atom stereocenters. The zero-order valence-corrected chi connectivity index (χ0v) is 15.8. The Balaban J connectivity index is 1.32. The quantitative estimate of drug-likeness (QED) is 0.542. The van der Waals surface area contributed by atoms with Gasteiger partial charge in [-0.05, 0) is 30.9 Å². The molecule has 0 atom stereocenters. The molecule has 0 bridgehead atoms. The van der Waals surface area contributed by atoms with E-state index < -0.39 is 0 Å². The molecule has 1 saturated carbocycles. The lowest BCUT2D eigenvalue weighted by molar-refractivity contribution is -0.116. The van der Waals surface area contributed by atoms with E-state index >= 15 is 0 Å². The third kappa shape index (κ3) is 7.02. The highest BCUT2D eigenvalue weighted by molar-refractivity contribution is 5.91. The van der Waals surface area contributed by atoms with Crippen LogP contribution in [-0.2, 0) is 16.1 Å². The topological polar surface area (TPSA) is 56.2 Å². The molecule has 1 aliphatic rings. The van der Waals surface area contributed by atoms with Crippen LogP contribution in [0.25, 0.3) is 6.08 Å². The Labute approximate surface area is 161 Å². The highest BCUT2D eigenvalue weighted by atomic mass is 16.5. The lowest BCUT2D eigenvalue weighted by atomic mass is 9.98. The van der Waals surface area contributed by atoms with Crippen LogP contribution in [0.1, 0.15) is 49.7 Å². The first-order valence-corrected chi connectivity index (χ1v) is 9.93. The Morgan fingerprint density at radius 2 is 2.04 bits per heavy atom. The highest BCUT2D eigenvalue weighted by Gasteiger charge is 2.12. The molecule has 1 aromatic carbocycles. The van der Waals surface area contributed by atoms with Crippen LogP contribution in [0.4, 0.5) is 0 Å². The molecule has 1 amide bonds. The van der Waals surface area contributed by atoms with Crippen LogP contribution in [0, 0.1) is 0 Å². The molecule has 144 valence electrons. The van der Waals surface area contributed by atoms with Gasteiger partial charge >= 0.3 is 0 Å². The van der Waals surface area contributed by atoms with E-state index in [1.165, 1.54) is 37.7 Å². The zero-order valence-electron chi connectivity index (χ0n) is 15.8. The van der Waals surface area contributed by atoms with Crippen LogP contribution in [0.2, 0.25) is 0 Å². The van der Waals surface area contributed by atoms with Crippen molar-refractivity contribution in [1.82, 2.24) is 15.1 Å². The molecule has 0 saturated heterocycles. The smallest absolute Gasteiger partial charge is 0.244 e. The van der Waals surface area contributed by atoms with E-state index in [-0.39, 0.29) is 5.91 Å². The molecule has 1 aromatic heterocycles. The van der Waals surface area contributed by atoms with E-state index in [9.17, 15) is 4.79 Å². The van der Waals surface area contributed by atoms with Crippen LogP contribution >= 0.6 is 0 Å². The van der Waals surface area contributed by atoms with Crippen molar-refractivity contribution in [3.8, 4) is 0 Å². The molecule has 1 N–H and O–H groups in total. The Morgan fingerprint density at radius 3 is 2.85 bits per heavy atom. The monoisotopic (exact) mass is 367 g/mol. The van der Waals surface area contributed by atoms with Crippen molar-refractivity contribution < 1.29 is 9.53 Å². The second kappa shape index (κ2) is 10.7. The van der Waals surface area contributed by atoms with E-state index in [0.717, 1.165) is 25.1 Å². The third-order valence-electron chi connectivity index (χ3n) is 4.79. The van der Waals surface area contributed by atoms with Crippen LogP contribution in [-0.4, -0.2) is 34.9 Å². The van der Waals surface area contributed by atoms with Gasteiger partial charge in [0.15, 0.2) is 0 Å². The number of nitrogens with one attached hydrogen (secondary N) is 1. The molecule has 27 heavy (non-hydrogen) atoms. The number of benzene rings is 1. The summed E-state index contributed by atoms with van der Waals surface area (Å²) in [5.41, 5.74) is 2.12.